The van der Waals surface area contributed by atoms with E-state index in [4.69, 9.17) is 4.74 Å². The maximum absolute atomic E-state index is 13.1. The molecule has 0 atom stereocenters. The molecule has 0 saturated heterocycles. The highest BCUT2D eigenvalue weighted by Crippen LogP contribution is 2.33. The molecule has 0 radical (unpaired) electrons. The monoisotopic (exact) mass is 372 g/mol. The van der Waals surface area contributed by atoms with Gasteiger partial charge in [0.1, 0.15) is 12.4 Å². The molecule has 1 aromatic heterocycles. The first-order chi connectivity index (χ1) is 12.9. The highest BCUT2D eigenvalue weighted by Gasteiger charge is 2.32. The highest BCUT2D eigenvalue weighted by molar-refractivity contribution is 6.06. The van der Waals surface area contributed by atoms with Gasteiger partial charge in [0, 0.05) is 6.20 Å². The molecule has 0 spiro atoms. The van der Waals surface area contributed by atoms with E-state index >= 15 is 0 Å². The van der Waals surface area contributed by atoms with E-state index in [9.17, 15) is 18.0 Å². The van der Waals surface area contributed by atoms with Gasteiger partial charge in [-0.25, -0.2) is 0 Å². The van der Waals surface area contributed by atoms with Crippen molar-refractivity contribution in [2.24, 2.45) is 0 Å². The van der Waals surface area contributed by atoms with Gasteiger partial charge in [-0.1, -0.05) is 30.3 Å². The molecule has 7 heteroatoms. The molecule has 0 bridgehead atoms. The minimum absolute atomic E-state index is 0.0632. The second kappa shape index (κ2) is 7.90. The Morgan fingerprint density at radius 2 is 1.81 bits per heavy atom. The smallest absolute Gasteiger partial charge is 0.416 e. The summed E-state index contributed by atoms with van der Waals surface area (Å²) in [7, 11) is 0. The lowest BCUT2D eigenvalue weighted by atomic mass is 10.1. The molecule has 0 aliphatic heterocycles. The molecule has 1 N–H and O–H groups in total. The zero-order valence-electron chi connectivity index (χ0n) is 14.0. The summed E-state index contributed by atoms with van der Waals surface area (Å²) in [6, 6.07) is 15.1. The second-order valence-electron chi connectivity index (χ2n) is 5.68. The molecule has 0 aliphatic carbocycles. The molecular weight excluding hydrogens is 357 g/mol. The topological polar surface area (TPSA) is 51.2 Å². The Balaban J connectivity index is 1.88. The number of pyridine rings is 1. The standard InChI is InChI=1S/C20H15F3N2O2/c21-20(22,23)15-8-9-18(27-13-14-5-2-1-3-6-14)17(11-15)19(26)25-16-7-4-10-24-12-16/h1-12H,13H2,(H,25,26). The lowest BCUT2D eigenvalue weighted by Crippen LogP contribution is -2.16. The fourth-order valence-electron chi connectivity index (χ4n) is 2.38. The van der Waals surface area contributed by atoms with Crippen molar-refractivity contribution in [3.63, 3.8) is 0 Å². The number of alkyl halides is 3. The summed E-state index contributed by atoms with van der Waals surface area (Å²) in [4.78, 5) is 16.4. The van der Waals surface area contributed by atoms with E-state index in [1.165, 1.54) is 12.4 Å². The molecule has 0 unspecified atom stereocenters. The largest absolute Gasteiger partial charge is 0.488 e. The number of rotatable bonds is 5. The van der Waals surface area contributed by atoms with Gasteiger partial charge in [0.05, 0.1) is 23.0 Å². The van der Waals surface area contributed by atoms with Crippen LogP contribution in [-0.2, 0) is 12.8 Å². The molecule has 27 heavy (non-hydrogen) atoms. The van der Waals surface area contributed by atoms with Crippen molar-refractivity contribution >= 4 is 11.6 Å². The van der Waals surface area contributed by atoms with Crippen molar-refractivity contribution in [2.45, 2.75) is 12.8 Å². The normalized spacial score (nSPS) is 11.1. The van der Waals surface area contributed by atoms with Crippen LogP contribution in [0.1, 0.15) is 21.5 Å². The first-order valence-corrected chi connectivity index (χ1v) is 8.03. The summed E-state index contributed by atoms with van der Waals surface area (Å²) < 4.78 is 44.8. The molecule has 1 amide bonds. The maximum atomic E-state index is 13.1. The number of anilines is 1. The van der Waals surface area contributed by atoms with Crippen LogP contribution >= 0.6 is 0 Å². The minimum Gasteiger partial charge on any atom is -0.488 e. The van der Waals surface area contributed by atoms with Gasteiger partial charge in [0.15, 0.2) is 0 Å². The Morgan fingerprint density at radius 1 is 1.04 bits per heavy atom. The van der Waals surface area contributed by atoms with Gasteiger partial charge >= 0.3 is 6.18 Å². The van der Waals surface area contributed by atoms with E-state index in [0.717, 1.165) is 23.8 Å². The summed E-state index contributed by atoms with van der Waals surface area (Å²) in [5.41, 5.74) is 0.0699. The number of hydrogen-bond donors (Lipinski definition) is 1. The van der Waals surface area contributed by atoms with Gasteiger partial charge in [-0.05, 0) is 35.9 Å². The molecule has 0 saturated carbocycles. The average Bonchev–Trinajstić information content (AvgIpc) is 2.67. The number of hydrogen-bond acceptors (Lipinski definition) is 3. The predicted octanol–water partition coefficient (Wildman–Crippen LogP) is 4.93. The number of ether oxygens (including phenoxy) is 1. The zero-order valence-corrected chi connectivity index (χ0v) is 14.0. The van der Waals surface area contributed by atoms with Gasteiger partial charge < -0.3 is 10.1 Å². The molecule has 4 nitrogen and oxygen atoms in total. The van der Waals surface area contributed by atoms with Gasteiger partial charge in [0.2, 0.25) is 0 Å². The van der Waals surface area contributed by atoms with Crippen LogP contribution in [0, 0.1) is 0 Å². The number of aromatic nitrogens is 1. The van der Waals surface area contributed by atoms with Crippen LogP contribution < -0.4 is 10.1 Å². The maximum Gasteiger partial charge on any atom is 0.416 e. The molecule has 3 rings (SSSR count). The van der Waals surface area contributed by atoms with Gasteiger partial charge in [-0.2, -0.15) is 13.2 Å². The Labute approximate surface area is 153 Å². The van der Waals surface area contributed by atoms with E-state index in [1.54, 1.807) is 12.1 Å². The van der Waals surface area contributed by atoms with Crippen LogP contribution in [0.2, 0.25) is 0 Å². The Bertz CT molecular complexity index is 914. The summed E-state index contributed by atoms with van der Waals surface area (Å²) in [6.45, 7) is 0.124. The first kappa shape index (κ1) is 18.4. The van der Waals surface area contributed by atoms with E-state index in [-0.39, 0.29) is 17.9 Å². The van der Waals surface area contributed by atoms with E-state index in [0.29, 0.717) is 5.69 Å². The first-order valence-electron chi connectivity index (χ1n) is 8.03. The van der Waals surface area contributed by atoms with Crippen molar-refractivity contribution in [1.29, 1.82) is 0 Å². The number of nitrogens with zero attached hydrogens (tertiary/aromatic N) is 1. The SMILES string of the molecule is O=C(Nc1cccnc1)c1cc(C(F)(F)F)ccc1OCc1ccccc1. The van der Waals surface area contributed by atoms with E-state index in [2.05, 4.69) is 10.3 Å². The van der Waals surface area contributed by atoms with Crippen LogP contribution in [0.25, 0.3) is 0 Å². The number of carbonyl (C=O) groups excluding carboxylic acids is 1. The Morgan fingerprint density at radius 3 is 2.48 bits per heavy atom. The summed E-state index contributed by atoms with van der Waals surface area (Å²) in [5, 5.41) is 2.53. The molecule has 3 aromatic rings. The van der Waals surface area contributed by atoms with Gasteiger partial charge in [0.25, 0.3) is 5.91 Å². The van der Waals surface area contributed by atoms with E-state index < -0.39 is 17.6 Å². The van der Waals surface area contributed by atoms with Crippen molar-refractivity contribution in [3.05, 3.63) is 89.7 Å². The lowest BCUT2D eigenvalue weighted by molar-refractivity contribution is -0.137. The molecule has 0 fully saturated rings. The predicted molar refractivity (Wildman–Crippen MR) is 94.4 cm³/mol. The third-order valence-electron chi connectivity index (χ3n) is 3.71. The van der Waals surface area contributed by atoms with Crippen LogP contribution in [0.4, 0.5) is 18.9 Å². The number of carbonyl (C=O) groups is 1. The fourth-order valence-corrected chi connectivity index (χ4v) is 2.38. The quantitative estimate of drug-likeness (QED) is 0.691. The number of nitrogens with one attached hydrogen (secondary N) is 1. The number of benzene rings is 2. The second-order valence-corrected chi connectivity index (χ2v) is 5.68. The van der Waals surface area contributed by atoms with Crippen molar-refractivity contribution < 1.29 is 22.7 Å². The number of amides is 1. The summed E-state index contributed by atoms with van der Waals surface area (Å²) in [6.07, 6.45) is -1.65. The van der Waals surface area contributed by atoms with Crippen LogP contribution in [0.5, 0.6) is 5.75 Å². The molecule has 138 valence electrons. The zero-order chi connectivity index (χ0) is 19.3. The molecular formula is C20H15F3N2O2. The highest BCUT2D eigenvalue weighted by atomic mass is 19.4. The van der Waals surface area contributed by atoms with E-state index in [1.807, 2.05) is 30.3 Å². The summed E-state index contributed by atoms with van der Waals surface area (Å²) >= 11 is 0. The van der Waals surface area contributed by atoms with Crippen LogP contribution in [0.3, 0.4) is 0 Å². The summed E-state index contributed by atoms with van der Waals surface area (Å²) in [5.74, 6) is -0.648. The third kappa shape index (κ3) is 4.84. The van der Waals surface area contributed by atoms with Crippen molar-refractivity contribution in [1.82, 2.24) is 4.98 Å². The third-order valence-corrected chi connectivity index (χ3v) is 3.71. The van der Waals surface area contributed by atoms with Crippen molar-refractivity contribution in [3.8, 4) is 5.75 Å². The molecule has 1 heterocycles. The Kier molecular flexibility index (Phi) is 5.40. The molecule has 0 aliphatic rings. The van der Waals surface area contributed by atoms with Gasteiger partial charge in [-0.3, -0.25) is 9.78 Å². The molecule has 2 aromatic carbocycles. The van der Waals surface area contributed by atoms with Crippen LogP contribution in [0.15, 0.2) is 73.1 Å². The minimum atomic E-state index is -4.57. The van der Waals surface area contributed by atoms with Gasteiger partial charge in [-0.15, -0.1) is 0 Å². The average molecular weight is 372 g/mol. The number of halogens is 3. The Hall–Kier alpha value is -3.35. The lowest BCUT2D eigenvalue weighted by Gasteiger charge is -2.14. The fraction of sp³-hybridized carbons (Fsp3) is 0.100. The van der Waals surface area contributed by atoms with Crippen molar-refractivity contribution in [2.75, 3.05) is 5.32 Å². The van der Waals surface area contributed by atoms with Crippen LogP contribution in [-0.4, -0.2) is 10.9 Å².